The number of anilines is 1. The summed E-state index contributed by atoms with van der Waals surface area (Å²) in [5, 5.41) is 4.60. The molecule has 14 heteroatoms. The molecule has 1 aliphatic heterocycles. The Morgan fingerprint density at radius 3 is 2.44 bits per heavy atom. The summed E-state index contributed by atoms with van der Waals surface area (Å²) in [7, 11) is 1.33. The van der Waals surface area contributed by atoms with E-state index < -0.39 is 71.1 Å². The smallest absolute Gasteiger partial charge is 0.417 e. The van der Waals surface area contributed by atoms with Crippen LogP contribution in [0.4, 0.5) is 36.4 Å². The van der Waals surface area contributed by atoms with Gasteiger partial charge in [0.05, 0.1) is 0 Å². The van der Waals surface area contributed by atoms with Crippen LogP contribution >= 0.6 is 0 Å². The number of hydrogen-bond acceptors (Lipinski definition) is 5. The summed E-state index contributed by atoms with van der Waals surface area (Å²) in [5.74, 6) is -9.89. The highest BCUT2D eigenvalue weighted by Gasteiger charge is 2.66. The summed E-state index contributed by atoms with van der Waals surface area (Å²) in [4.78, 5) is 28.7. The minimum Gasteiger partial charge on any atom is -0.431 e. The van der Waals surface area contributed by atoms with Gasteiger partial charge in [-0.3, -0.25) is 14.6 Å². The van der Waals surface area contributed by atoms with E-state index in [4.69, 9.17) is 4.74 Å². The predicted molar refractivity (Wildman–Crippen MR) is 110 cm³/mol. The zero-order chi connectivity index (χ0) is 27.0. The molecule has 0 radical (unpaired) electrons. The van der Waals surface area contributed by atoms with Crippen molar-refractivity contribution in [3.8, 4) is 5.75 Å². The van der Waals surface area contributed by atoms with Crippen molar-refractivity contribution in [1.29, 1.82) is 0 Å². The van der Waals surface area contributed by atoms with E-state index in [-0.39, 0.29) is 11.4 Å². The fraction of sp³-hybridized carbons (Fsp3) is 0.409. The van der Waals surface area contributed by atoms with Gasteiger partial charge in [-0.05, 0) is 25.1 Å². The molecule has 2 amide bonds. The van der Waals surface area contributed by atoms with Crippen molar-refractivity contribution >= 4 is 17.5 Å². The molecule has 0 spiro atoms. The van der Waals surface area contributed by atoms with Crippen LogP contribution in [0.2, 0.25) is 0 Å². The Kier molecular flexibility index (Phi) is 7.48. The molecule has 1 fully saturated rings. The normalized spacial score (nSPS) is 24.0. The predicted octanol–water partition coefficient (Wildman–Crippen LogP) is 4.40. The van der Waals surface area contributed by atoms with Crippen molar-refractivity contribution in [3.05, 3.63) is 53.4 Å². The number of rotatable bonds is 6. The van der Waals surface area contributed by atoms with Crippen LogP contribution in [-0.2, 0) is 9.53 Å². The highest BCUT2D eigenvalue weighted by Crippen LogP contribution is 2.55. The third-order valence-corrected chi connectivity index (χ3v) is 6.06. The van der Waals surface area contributed by atoms with E-state index in [2.05, 4.69) is 20.4 Å². The van der Waals surface area contributed by atoms with Crippen LogP contribution in [0.1, 0.15) is 35.8 Å². The number of carbonyl (C=O) groups is 2. The largest absolute Gasteiger partial charge is 0.431 e. The van der Waals surface area contributed by atoms with Gasteiger partial charge in [0.1, 0.15) is 11.8 Å². The molecule has 2 N–H and O–H groups in total. The fourth-order valence-corrected chi connectivity index (χ4v) is 4.02. The number of carbonyl (C=O) groups excluding carboxylic acids is 2. The van der Waals surface area contributed by atoms with Crippen molar-refractivity contribution in [2.75, 3.05) is 12.4 Å². The molecule has 2 heterocycles. The second-order valence-corrected chi connectivity index (χ2v) is 8.11. The van der Waals surface area contributed by atoms with E-state index in [0.717, 1.165) is 25.3 Å². The number of benzene rings is 1. The maximum Gasteiger partial charge on any atom is 0.417 e. The Hall–Kier alpha value is -3.42. The van der Waals surface area contributed by atoms with Gasteiger partial charge in [-0.25, -0.2) is 4.39 Å². The molecule has 196 valence electrons. The molecular formula is C22H20F7N3O4. The quantitative estimate of drug-likeness (QED) is 0.548. The number of hydrogen-bond donors (Lipinski definition) is 2. The van der Waals surface area contributed by atoms with Crippen molar-refractivity contribution in [1.82, 2.24) is 10.3 Å². The Bertz CT molecular complexity index is 1160. The molecule has 0 saturated carbocycles. The van der Waals surface area contributed by atoms with E-state index in [1.165, 1.54) is 13.1 Å². The van der Waals surface area contributed by atoms with Crippen LogP contribution in [0, 0.1) is 17.6 Å². The molecule has 1 saturated heterocycles. The molecule has 0 unspecified atom stereocenters. The van der Waals surface area contributed by atoms with Crippen LogP contribution in [0.25, 0.3) is 0 Å². The van der Waals surface area contributed by atoms with Gasteiger partial charge in [-0.15, -0.1) is 0 Å². The standard InChI is InChI=1S/C22H20F7N3O4/c1-9-14(11-4-5-12(23)15(24)16(11)35-20(25)26)17(36-21(9,2)22(27,28)29)19(34)32-10-6-7-31-13(8-10)18(33)30-3/h4-9,14,17,20H,1-3H3,(H,30,33)(H,31,32,34)/t9-,14-,17-,21+/m0/s1. The Morgan fingerprint density at radius 1 is 1.19 bits per heavy atom. The molecule has 1 aromatic heterocycles. The molecule has 4 atom stereocenters. The number of ether oxygens (including phenoxy) is 2. The van der Waals surface area contributed by atoms with E-state index in [9.17, 15) is 40.3 Å². The Labute approximate surface area is 200 Å². The summed E-state index contributed by atoms with van der Waals surface area (Å²) in [5.41, 5.74) is -3.76. The first kappa shape index (κ1) is 27.2. The zero-order valence-corrected chi connectivity index (χ0v) is 18.9. The number of nitrogens with zero attached hydrogens (tertiary/aromatic N) is 1. The van der Waals surface area contributed by atoms with E-state index in [1.807, 2.05) is 0 Å². The first-order chi connectivity index (χ1) is 16.7. The summed E-state index contributed by atoms with van der Waals surface area (Å²) < 4.78 is 105. The Balaban J connectivity index is 2.09. The van der Waals surface area contributed by atoms with Gasteiger partial charge in [-0.1, -0.05) is 13.0 Å². The number of nitrogens with one attached hydrogen (secondary N) is 2. The van der Waals surface area contributed by atoms with Crippen molar-refractivity contribution in [2.45, 2.75) is 44.3 Å². The Morgan fingerprint density at radius 2 is 1.86 bits per heavy atom. The SMILES string of the molecule is CNC(=O)c1cc(NC(=O)[C@H]2O[C@@](C)(C(F)(F)F)[C@@H](C)[C@H]2c2ccc(F)c(F)c2OC(F)F)ccn1. The minimum atomic E-state index is -5.04. The number of alkyl halides is 5. The topological polar surface area (TPSA) is 89.6 Å². The number of pyridine rings is 1. The molecule has 2 aromatic rings. The van der Waals surface area contributed by atoms with Gasteiger partial charge in [0.2, 0.25) is 5.82 Å². The second kappa shape index (κ2) is 9.91. The maximum atomic E-state index is 14.4. The highest BCUT2D eigenvalue weighted by atomic mass is 19.4. The maximum absolute atomic E-state index is 14.4. The number of amides is 2. The lowest BCUT2D eigenvalue weighted by Gasteiger charge is -2.32. The summed E-state index contributed by atoms with van der Waals surface area (Å²) in [6.45, 7) is -1.95. The molecule has 3 rings (SSSR count). The van der Waals surface area contributed by atoms with Crippen molar-refractivity contribution < 1.29 is 49.8 Å². The number of aromatic nitrogens is 1. The number of halogens is 7. The fourth-order valence-electron chi connectivity index (χ4n) is 4.02. The van der Waals surface area contributed by atoms with Crippen molar-refractivity contribution in [2.24, 2.45) is 5.92 Å². The van der Waals surface area contributed by atoms with Crippen LogP contribution in [0.3, 0.4) is 0 Å². The molecule has 1 aliphatic rings. The molecule has 7 nitrogen and oxygen atoms in total. The third-order valence-electron chi connectivity index (χ3n) is 6.06. The van der Waals surface area contributed by atoms with Crippen molar-refractivity contribution in [3.63, 3.8) is 0 Å². The van der Waals surface area contributed by atoms with E-state index in [1.54, 1.807) is 0 Å². The second-order valence-electron chi connectivity index (χ2n) is 8.11. The lowest BCUT2D eigenvalue weighted by molar-refractivity contribution is -0.272. The lowest BCUT2D eigenvalue weighted by Crippen LogP contribution is -2.47. The van der Waals surface area contributed by atoms with E-state index in [0.29, 0.717) is 13.0 Å². The average molecular weight is 523 g/mol. The first-order valence-electron chi connectivity index (χ1n) is 10.4. The van der Waals surface area contributed by atoms with Crippen LogP contribution < -0.4 is 15.4 Å². The van der Waals surface area contributed by atoms with E-state index >= 15 is 0 Å². The zero-order valence-electron chi connectivity index (χ0n) is 18.9. The highest BCUT2D eigenvalue weighted by molar-refractivity contribution is 5.97. The average Bonchev–Trinajstić information content (AvgIpc) is 3.08. The van der Waals surface area contributed by atoms with Gasteiger partial charge in [0.15, 0.2) is 17.2 Å². The third kappa shape index (κ3) is 4.94. The van der Waals surface area contributed by atoms with Gasteiger partial charge >= 0.3 is 12.8 Å². The lowest BCUT2D eigenvalue weighted by atomic mass is 9.77. The summed E-state index contributed by atoms with van der Waals surface area (Å²) in [6, 6.07) is 3.66. The van der Waals surface area contributed by atoms with Crippen LogP contribution in [-0.4, -0.2) is 48.3 Å². The van der Waals surface area contributed by atoms with Crippen LogP contribution in [0.5, 0.6) is 5.75 Å². The van der Waals surface area contributed by atoms with Gasteiger partial charge < -0.3 is 20.1 Å². The molecule has 0 bridgehead atoms. The molecular weight excluding hydrogens is 503 g/mol. The van der Waals surface area contributed by atoms with Gasteiger partial charge in [0.25, 0.3) is 11.8 Å². The molecule has 1 aromatic carbocycles. The molecule has 0 aliphatic carbocycles. The minimum absolute atomic E-state index is 0.0430. The summed E-state index contributed by atoms with van der Waals surface area (Å²) >= 11 is 0. The van der Waals surface area contributed by atoms with Gasteiger partial charge in [0, 0.05) is 36.3 Å². The monoisotopic (exact) mass is 523 g/mol. The van der Waals surface area contributed by atoms with Gasteiger partial charge in [-0.2, -0.15) is 26.3 Å². The first-order valence-corrected chi connectivity index (χ1v) is 10.4. The van der Waals surface area contributed by atoms with Crippen LogP contribution in [0.15, 0.2) is 30.5 Å². The summed E-state index contributed by atoms with van der Waals surface area (Å²) in [6.07, 6.45) is -5.89. The molecule has 36 heavy (non-hydrogen) atoms.